The van der Waals surface area contributed by atoms with Gasteiger partial charge in [0, 0.05) is 7.11 Å². The molecular weight excluding hydrogens is 204 g/mol. The second-order valence-corrected chi connectivity index (χ2v) is 3.16. The lowest BCUT2D eigenvalue weighted by Gasteiger charge is -2.10. The van der Waals surface area contributed by atoms with E-state index in [0.717, 1.165) is 5.56 Å². The molecule has 3 nitrogen and oxygen atoms in total. The SMILES string of the molecule is COCOc1c(C=O)ccc(C)c1Cl. The molecule has 0 amide bonds. The molecule has 0 unspecified atom stereocenters. The molecule has 14 heavy (non-hydrogen) atoms. The van der Waals surface area contributed by atoms with Crippen LogP contribution in [0.1, 0.15) is 15.9 Å². The molecule has 0 bridgehead atoms. The van der Waals surface area contributed by atoms with E-state index in [4.69, 9.17) is 21.1 Å². The van der Waals surface area contributed by atoms with Gasteiger partial charge in [0.1, 0.15) is 0 Å². The Kier molecular flexibility index (Phi) is 3.92. The lowest BCUT2D eigenvalue weighted by molar-refractivity contribution is 0.0506. The van der Waals surface area contributed by atoms with Crippen LogP contribution in [0.15, 0.2) is 12.1 Å². The van der Waals surface area contributed by atoms with Gasteiger partial charge in [-0.15, -0.1) is 0 Å². The molecule has 1 aromatic rings. The highest BCUT2D eigenvalue weighted by Crippen LogP contribution is 2.30. The Hall–Kier alpha value is -1.06. The molecule has 1 aromatic carbocycles. The Morgan fingerprint density at radius 1 is 1.50 bits per heavy atom. The fourth-order valence-electron chi connectivity index (χ4n) is 1.03. The topological polar surface area (TPSA) is 35.5 Å². The molecule has 0 fully saturated rings. The molecule has 0 N–H and O–H groups in total. The number of ether oxygens (including phenoxy) is 2. The first kappa shape index (κ1) is 11.0. The van der Waals surface area contributed by atoms with Gasteiger partial charge in [-0.25, -0.2) is 0 Å². The molecule has 0 heterocycles. The van der Waals surface area contributed by atoms with Gasteiger partial charge in [0.15, 0.2) is 18.8 Å². The average molecular weight is 215 g/mol. The van der Waals surface area contributed by atoms with Crippen LogP contribution in [0.4, 0.5) is 0 Å². The van der Waals surface area contributed by atoms with Crippen molar-refractivity contribution in [1.82, 2.24) is 0 Å². The van der Waals surface area contributed by atoms with Gasteiger partial charge in [-0.1, -0.05) is 17.7 Å². The fraction of sp³-hybridized carbons (Fsp3) is 0.300. The molecule has 1 rings (SSSR count). The van der Waals surface area contributed by atoms with Crippen molar-refractivity contribution in [2.24, 2.45) is 0 Å². The maximum atomic E-state index is 10.7. The zero-order chi connectivity index (χ0) is 10.6. The number of halogens is 1. The quantitative estimate of drug-likeness (QED) is 0.571. The molecular formula is C10H11ClO3. The molecule has 0 atom stereocenters. The summed E-state index contributed by atoms with van der Waals surface area (Å²) >= 11 is 5.97. The number of benzene rings is 1. The molecule has 0 aliphatic carbocycles. The second kappa shape index (κ2) is 4.98. The van der Waals surface area contributed by atoms with Crippen LogP contribution in [-0.2, 0) is 4.74 Å². The van der Waals surface area contributed by atoms with Crippen molar-refractivity contribution >= 4 is 17.9 Å². The van der Waals surface area contributed by atoms with Crippen LogP contribution in [0.5, 0.6) is 5.75 Å². The number of hydrogen-bond acceptors (Lipinski definition) is 3. The molecule has 0 aliphatic rings. The number of aryl methyl sites for hydroxylation is 1. The lowest BCUT2D eigenvalue weighted by Crippen LogP contribution is -2.02. The summed E-state index contributed by atoms with van der Waals surface area (Å²) in [5, 5.41) is 0.451. The monoisotopic (exact) mass is 214 g/mol. The van der Waals surface area contributed by atoms with Crippen LogP contribution in [0.25, 0.3) is 0 Å². The largest absolute Gasteiger partial charge is 0.465 e. The van der Waals surface area contributed by atoms with Crippen molar-refractivity contribution < 1.29 is 14.3 Å². The summed E-state index contributed by atoms with van der Waals surface area (Å²) in [6.07, 6.45) is 0.705. The summed E-state index contributed by atoms with van der Waals surface area (Å²) in [7, 11) is 1.50. The lowest BCUT2D eigenvalue weighted by atomic mass is 10.1. The van der Waals surface area contributed by atoms with E-state index in [1.807, 2.05) is 6.92 Å². The van der Waals surface area contributed by atoms with Crippen molar-refractivity contribution in [3.63, 3.8) is 0 Å². The van der Waals surface area contributed by atoms with Gasteiger partial charge < -0.3 is 9.47 Å². The van der Waals surface area contributed by atoms with Crippen molar-refractivity contribution in [3.05, 3.63) is 28.3 Å². The third kappa shape index (κ3) is 2.25. The molecule has 4 heteroatoms. The smallest absolute Gasteiger partial charge is 0.188 e. The Morgan fingerprint density at radius 2 is 2.21 bits per heavy atom. The molecule has 0 spiro atoms. The highest BCUT2D eigenvalue weighted by atomic mass is 35.5. The predicted octanol–water partition coefficient (Wildman–Crippen LogP) is 2.44. The van der Waals surface area contributed by atoms with Crippen LogP contribution in [0.2, 0.25) is 5.02 Å². The maximum Gasteiger partial charge on any atom is 0.188 e. The van der Waals surface area contributed by atoms with E-state index in [9.17, 15) is 4.79 Å². The number of carbonyl (C=O) groups is 1. The zero-order valence-corrected chi connectivity index (χ0v) is 8.80. The average Bonchev–Trinajstić information content (AvgIpc) is 2.20. The molecule has 0 aromatic heterocycles. The standard InChI is InChI=1S/C10H11ClO3/c1-7-3-4-8(5-12)10(9(7)11)14-6-13-2/h3-5H,6H2,1-2H3. The Labute approximate surface area is 87.6 Å². The molecule has 0 saturated carbocycles. The van der Waals surface area contributed by atoms with E-state index >= 15 is 0 Å². The highest BCUT2D eigenvalue weighted by Gasteiger charge is 2.10. The van der Waals surface area contributed by atoms with Crippen LogP contribution in [0, 0.1) is 6.92 Å². The summed E-state index contributed by atoms with van der Waals surface area (Å²) in [6, 6.07) is 3.44. The second-order valence-electron chi connectivity index (χ2n) is 2.78. The molecule has 0 aliphatic heterocycles. The molecule has 76 valence electrons. The zero-order valence-electron chi connectivity index (χ0n) is 8.04. The van der Waals surface area contributed by atoms with Crippen molar-refractivity contribution in [1.29, 1.82) is 0 Å². The third-order valence-electron chi connectivity index (χ3n) is 1.77. The summed E-state index contributed by atoms with van der Waals surface area (Å²) in [4.78, 5) is 10.7. The summed E-state index contributed by atoms with van der Waals surface area (Å²) in [5.41, 5.74) is 1.29. The predicted molar refractivity (Wildman–Crippen MR) is 54.1 cm³/mol. The van der Waals surface area contributed by atoms with E-state index in [0.29, 0.717) is 22.6 Å². The minimum Gasteiger partial charge on any atom is -0.465 e. The van der Waals surface area contributed by atoms with Gasteiger partial charge >= 0.3 is 0 Å². The van der Waals surface area contributed by atoms with Crippen LogP contribution >= 0.6 is 11.6 Å². The van der Waals surface area contributed by atoms with Crippen molar-refractivity contribution in [2.75, 3.05) is 13.9 Å². The van der Waals surface area contributed by atoms with E-state index in [1.54, 1.807) is 12.1 Å². The number of carbonyl (C=O) groups excluding carboxylic acids is 1. The summed E-state index contributed by atoms with van der Waals surface area (Å²) in [5.74, 6) is 0.378. The van der Waals surface area contributed by atoms with E-state index in [2.05, 4.69) is 0 Å². The first-order chi connectivity index (χ1) is 6.70. The van der Waals surface area contributed by atoms with Crippen LogP contribution < -0.4 is 4.74 Å². The van der Waals surface area contributed by atoms with E-state index < -0.39 is 0 Å². The van der Waals surface area contributed by atoms with Gasteiger partial charge in [-0.05, 0) is 18.6 Å². The minimum atomic E-state index is 0.0734. The van der Waals surface area contributed by atoms with Gasteiger partial charge in [0.25, 0.3) is 0 Å². The van der Waals surface area contributed by atoms with Gasteiger partial charge in [0.2, 0.25) is 0 Å². The number of rotatable bonds is 4. The fourth-order valence-corrected chi connectivity index (χ4v) is 1.25. The Bertz CT molecular complexity index is 336. The van der Waals surface area contributed by atoms with Crippen LogP contribution in [-0.4, -0.2) is 20.2 Å². The minimum absolute atomic E-state index is 0.0734. The first-order valence-electron chi connectivity index (χ1n) is 4.06. The van der Waals surface area contributed by atoms with E-state index in [1.165, 1.54) is 7.11 Å². The van der Waals surface area contributed by atoms with Gasteiger partial charge in [0.05, 0.1) is 10.6 Å². The third-order valence-corrected chi connectivity index (χ3v) is 2.24. The van der Waals surface area contributed by atoms with Gasteiger partial charge in [-0.2, -0.15) is 0 Å². The maximum absolute atomic E-state index is 10.7. The Morgan fingerprint density at radius 3 is 2.79 bits per heavy atom. The first-order valence-corrected chi connectivity index (χ1v) is 4.44. The summed E-state index contributed by atoms with van der Waals surface area (Å²) in [6.45, 7) is 1.92. The number of aldehydes is 1. The number of methoxy groups -OCH3 is 1. The highest BCUT2D eigenvalue weighted by molar-refractivity contribution is 6.33. The van der Waals surface area contributed by atoms with Gasteiger partial charge in [-0.3, -0.25) is 4.79 Å². The summed E-state index contributed by atoms with van der Waals surface area (Å²) < 4.78 is 9.95. The molecule has 0 saturated heterocycles. The van der Waals surface area contributed by atoms with E-state index in [-0.39, 0.29) is 6.79 Å². The van der Waals surface area contributed by atoms with Crippen LogP contribution in [0.3, 0.4) is 0 Å². The van der Waals surface area contributed by atoms with Crippen molar-refractivity contribution in [2.45, 2.75) is 6.92 Å². The normalized spacial score (nSPS) is 9.93. The molecule has 0 radical (unpaired) electrons. The Balaban J connectivity index is 3.07. The number of hydrogen-bond donors (Lipinski definition) is 0. The van der Waals surface area contributed by atoms with Crippen molar-refractivity contribution in [3.8, 4) is 5.75 Å².